The number of aromatic nitrogens is 4. The average molecular weight is 336 g/mol. The summed E-state index contributed by atoms with van der Waals surface area (Å²) in [6.45, 7) is 0. The lowest BCUT2D eigenvalue weighted by Crippen LogP contribution is -1.93. The van der Waals surface area contributed by atoms with Gasteiger partial charge in [0.15, 0.2) is 0 Å². The van der Waals surface area contributed by atoms with Crippen molar-refractivity contribution < 1.29 is 13.7 Å². The van der Waals surface area contributed by atoms with Crippen LogP contribution in [0.1, 0.15) is 0 Å². The van der Waals surface area contributed by atoms with Gasteiger partial charge in [-0.05, 0) is 54.6 Å². The summed E-state index contributed by atoms with van der Waals surface area (Å²) in [5.41, 5.74) is 1.54. The lowest BCUT2D eigenvalue weighted by Gasteiger charge is -2.05. The predicted octanol–water partition coefficient (Wildman–Crippen LogP) is 4.07. The van der Waals surface area contributed by atoms with E-state index in [0.29, 0.717) is 23.2 Å². The van der Waals surface area contributed by atoms with Gasteiger partial charge < -0.3 is 9.26 Å². The zero-order valence-corrected chi connectivity index (χ0v) is 13.3. The van der Waals surface area contributed by atoms with Crippen molar-refractivity contribution in [3.8, 4) is 34.5 Å². The second-order valence-corrected chi connectivity index (χ2v) is 5.34. The van der Waals surface area contributed by atoms with Gasteiger partial charge in [-0.1, -0.05) is 5.16 Å². The third-order valence-electron chi connectivity index (χ3n) is 3.63. The number of benzene rings is 2. The fraction of sp³-hybridized carbons (Fsp3) is 0.0556. The van der Waals surface area contributed by atoms with Crippen molar-refractivity contribution >= 4 is 0 Å². The van der Waals surface area contributed by atoms with Crippen LogP contribution in [0.15, 0.2) is 65.3 Å². The molecule has 4 rings (SSSR count). The van der Waals surface area contributed by atoms with Crippen LogP contribution in [-0.4, -0.2) is 19.9 Å². The second-order valence-electron chi connectivity index (χ2n) is 5.34. The number of hydrogen-bond donors (Lipinski definition) is 0. The number of ether oxygens (including phenoxy) is 1. The molecule has 0 bridgehead atoms. The SMILES string of the molecule is Cn1nccc1-c1nc(-c2ccc(Oc3ccc(F)cc3)cc2)no1. The molecule has 2 heterocycles. The number of rotatable bonds is 4. The Hall–Kier alpha value is -3.48. The van der Waals surface area contributed by atoms with Crippen molar-refractivity contribution in [2.45, 2.75) is 0 Å². The lowest BCUT2D eigenvalue weighted by molar-refractivity contribution is 0.428. The van der Waals surface area contributed by atoms with Crippen molar-refractivity contribution in [2.24, 2.45) is 7.05 Å². The molecular formula is C18H13FN4O2. The first-order valence-electron chi connectivity index (χ1n) is 7.55. The number of aryl methyl sites for hydroxylation is 1. The van der Waals surface area contributed by atoms with E-state index in [1.165, 1.54) is 12.1 Å². The van der Waals surface area contributed by atoms with Crippen LogP contribution in [0.3, 0.4) is 0 Å². The number of nitrogens with zero attached hydrogens (tertiary/aromatic N) is 4. The highest BCUT2D eigenvalue weighted by molar-refractivity contribution is 5.59. The molecule has 7 heteroatoms. The van der Waals surface area contributed by atoms with Gasteiger partial charge in [-0.2, -0.15) is 10.1 Å². The maximum absolute atomic E-state index is 12.9. The number of hydrogen-bond acceptors (Lipinski definition) is 5. The molecule has 0 atom stereocenters. The summed E-state index contributed by atoms with van der Waals surface area (Å²) >= 11 is 0. The Labute approximate surface area is 142 Å². The molecule has 0 aliphatic heterocycles. The Morgan fingerprint density at radius 1 is 0.960 bits per heavy atom. The highest BCUT2D eigenvalue weighted by Crippen LogP contribution is 2.26. The number of halogens is 1. The summed E-state index contributed by atoms with van der Waals surface area (Å²) in [6.07, 6.45) is 1.67. The van der Waals surface area contributed by atoms with Gasteiger partial charge in [-0.25, -0.2) is 4.39 Å². The van der Waals surface area contributed by atoms with Crippen molar-refractivity contribution in [2.75, 3.05) is 0 Å². The summed E-state index contributed by atoms with van der Waals surface area (Å²) in [7, 11) is 1.81. The molecule has 6 nitrogen and oxygen atoms in total. The molecule has 0 unspecified atom stereocenters. The minimum Gasteiger partial charge on any atom is -0.457 e. The molecule has 0 radical (unpaired) electrons. The molecule has 2 aromatic heterocycles. The molecule has 0 aliphatic rings. The average Bonchev–Trinajstić information content (AvgIpc) is 3.26. The maximum atomic E-state index is 12.9. The zero-order chi connectivity index (χ0) is 17.2. The monoisotopic (exact) mass is 336 g/mol. The van der Waals surface area contributed by atoms with E-state index in [2.05, 4.69) is 15.2 Å². The van der Waals surface area contributed by atoms with E-state index < -0.39 is 0 Å². The first-order valence-corrected chi connectivity index (χ1v) is 7.55. The summed E-state index contributed by atoms with van der Waals surface area (Å²) in [5.74, 6) is 1.77. The first kappa shape index (κ1) is 15.1. The molecular weight excluding hydrogens is 323 g/mol. The largest absolute Gasteiger partial charge is 0.457 e. The quantitative estimate of drug-likeness (QED) is 0.562. The molecule has 0 amide bonds. The maximum Gasteiger partial charge on any atom is 0.276 e. The van der Waals surface area contributed by atoms with Crippen LogP contribution < -0.4 is 4.74 Å². The van der Waals surface area contributed by atoms with Crippen LogP contribution in [0.25, 0.3) is 23.0 Å². The van der Waals surface area contributed by atoms with E-state index in [1.807, 2.05) is 12.1 Å². The van der Waals surface area contributed by atoms with E-state index in [1.54, 1.807) is 48.3 Å². The van der Waals surface area contributed by atoms with Crippen LogP contribution in [0.2, 0.25) is 0 Å². The molecule has 2 aromatic carbocycles. The van der Waals surface area contributed by atoms with Gasteiger partial charge >= 0.3 is 0 Å². The van der Waals surface area contributed by atoms with Crippen molar-refractivity contribution in [1.82, 2.24) is 19.9 Å². The van der Waals surface area contributed by atoms with Crippen molar-refractivity contribution in [1.29, 1.82) is 0 Å². The minimum absolute atomic E-state index is 0.302. The van der Waals surface area contributed by atoms with Crippen LogP contribution in [0.5, 0.6) is 11.5 Å². The normalized spacial score (nSPS) is 10.8. The fourth-order valence-corrected chi connectivity index (χ4v) is 2.34. The van der Waals surface area contributed by atoms with Gasteiger partial charge in [-0.15, -0.1) is 0 Å². The van der Waals surface area contributed by atoms with Gasteiger partial charge in [0.25, 0.3) is 5.89 Å². The Morgan fingerprint density at radius 2 is 1.64 bits per heavy atom. The van der Waals surface area contributed by atoms with Gasteiger partial charge in [0.05, 0.1) is 0 Å². The topological polar surface area (TPSA) is 66.0 Å². The van der Waals surface area contributed by atoms with Crippen LogP contribution >= 0.6 is 0 Å². The summed E-state index contributed by atoms with van der Waals surface area (Å²) in [5, 5.41) is 8.08. The van der Waals surface area contributed by atoms with E-state index in [4.69, 9.17) is 9.26 Å². The fourth-order valence-electron chi connectivity index (χ4n) is 2.34. The lowest BCUT2D eigenvalue weighted by atomic mass is 10.2. The van der Waals surface area contributed by atoms with Gasteiger partial charge in [0, 0.05) is 18.8 Å². The highest BCUT2D eigenvalue weighted by atomic mass is 19.1. The molecule has 0 aliphatic carbocycles. The van der Waals surface area contributed by atoms with Gasteiger partial charge in [0.1, 0.15) is 23.0 Å². The van der Waals surface area contributed by atoms with E-state index in [-0.39, 0.29) is 5.82 Å². The van der Waals surface area contributed by atoms with E-state index in [0.717, 1.165) is 11.3 Å². The predicted molar refractivity (Wildman–Crippen MR) is 88.4 cm³/mol. The third-order valence-corrected chi connectivity index (χ3v) is 3.63. The molecule has 124 valence electrons. The standard InChI is InChI=1S/C18H13FN4O2/c1-23-16(10-11-20-23)18-21-17(22-25-18)12-2-6-14(7-3-12)24-15-8-4-13(19)5-9-15/h2-11H,1H3. The van der Waals surface area contributed by atoms with Crippen molar-refractivity contribution in [3.05, 3.63) is 66.6 Å². The second kappa shape index (κ2) is 6.20. The van der Waals surface area contributed by atoms with Crippen LogP contribution in [0, 0.1) is 5.82 Å². The van der Waals surface area contributed by atoms with Gasteiger partial charge in [-0.3, -0.25) is 4.68 Å². The first-order chi connectivity index (χ1) is 12.2. The molecule has 0 spiro atoms. The Balaban J connectivity index is 1.53. The molecule has 0 N–H and O–H groups in total. The van der Waals surface area contributed by atoms with Gasteiger partial charge in [0.2, 0.25) is 5.82 Å². The van der Waals surface area contributed by atoms with Crippen LogP contribution in [-0.2, 0) is 7.05 Å². The molecule has 0 fully saturated rings. The molecule has 0 saturated carbocycles. The third kappa shape index (κ3) is 3.12. The minimum atomic E-state index is -0.302. The summed E-state index contributed by atoms with van der Waals surface area (Å²) in [4.78, 5) is 4.39. The smallest absolute Gasteiger partial charge is 0.276 e. The van der Waals surface area contributed by atoms with Crippen molar-refractivity contribution in [3.63, 3.8) is 0 Å². The summed E-state index contributed by atoms with van der Waals surface area (Å²) < 4.78 is 25.5. The Kier molecular flexibility index (Phi) is 3.74. The van der Waals surface area contributed by atoms with E-state index in [9.17, 15) is 4.39 Å². The zero-order valence-electron chi connectivity index (χ0n) is 13.3. The Bertz CT molecular complexity index is 991. The van der Waals surface area contributed by atoms with E-state index >= 15 is 0 Å². The highest BCUT2D eigenvalue weighted by Gasteiger charge is 2.13. The Morgan fingerprint density at radius 3 is 2.28 bits per heavy atom. The molecule has 0 saturated heterocycles. The molecule has 25 heavy (non-hydrogen) atoms. The summed E-state index contributed by atoms with van der Waals surface area (Å²) in [6, 6.07) is 14.9. The van der Waals surface area contributed by atoms with Crippen LogP contribution in [0.4, 0.5) is 4.39 Å². The molecule has 4 aromatic rings.